The van der Waals surface area contributed by atoms with Crippen LogP contribution < -0.4 is 10.2 Å². The normalized spacial score (nSPS) is 10.4. The van der Waals surface area contributed by atoms with Gasteiger partial charge < -0.3 is 10.2 Å². The third kappa shape index (κ3) is 3.57. The fraction of sp³-hybridized carbons (Fsp3) is 0.176. The van der Waals surface area contributed by atoms with Crippen molar-refractivity contribution in [3.05, 3.63) is 59.9 Å². The molecule has 2 N–H and O–H groups in total. The van der Waals surface area contributed by atoms with E-state index in [1.807, 2.05) is 55.4 Å². The van der Waals surface area contributed by atoms with Crippen LogP contribution in [-0.2, 0) is 6.54 Å². The molecule has 1 heterocycles. The number of aromatic amines is 1. The average Bonchev–Trinajstić information content (AvgIpc) is 3.13. The van der Waals surface area contributed by atoms with Crippen molar-refractivity contribution in [3.63, 3.8) is 0 Å². The van der Waals surface area contributed by atoms with E-state index in [0.29, 0.717) is 11.4 Å². The third-order valence-electron chi connectivity index (χ3n) is 3.62. The summed E-state index contributed by atoms with van der Waals surface area (Å²) in [5, 5.41) is 16.2. The number of aromatic nitrogens is 4. The quantitative estimate of drug-likeness (QED) is 0.749. The number of carbonyl (C=O) groups excluding carboxylic acids is 1. The average molecular weight is 322 g/mol. The minimum atomic E-state index is -0.176. The molecule has 0 atom stereocenters. The lowest BCUT2D eigenvalue weighted by atomic mass is 10.0. The van der Waals surface area contributed by atoms with E-state index in [2.05, 4.69) is 32.0 Å². The van der Waals surface area contributed by atoms with Crippen molar-refractivity contribution in [2.45, 2.75) is 6.54 Å². The topological polar surface area (TPSA) is 86.8 Å². The zero-order chi connectivity index (χ0) is 16.9. The summed E-state index contributed by atoms with van der Waals surface area (Å²) in [6.07, 6.45) is 0. The maximum atomic E-state index is 12.3. The fourth-order valence-corrected chi connectivity index (χ4v) is 2.32. The molecule has 0 aliphatic heterocycles. The fourth-order valence-electron chi connectivity index (χ4n) is 2.32. The van der Waals surface area contributed by atoms with Gasteiger partial charge in [-0.2, -0.15) is 5.21 Å². The first-order valence-corrected chi connectivity index (χ1v) is 7.52. The van der Waals surface area contributed by atoms with E-state index in [0.717, 1.165) is 16.8 Å². The van der Waals surface area contributed by atoms with Gasteiger partial charge in [0.25, 0.3) is 5.91 Å². The molecule has 3 aromatic rings. The van der Waals surface area contributed by atoms with E-state index < -0.39 is 0 Å². The molecule has 0 bridgehead atoms. The summed E-state index contributed by atoms with van der Waals surface area (Å²) in [5.74, 6) is 0.267. The Morgan fingerprint density at radius 3 is 2.58 bits per heavy atom. The Hall–Kier alpha value is -3.22. The summed E-state index contributed by atoms with van der Waals surface area (Å²) >= 11 is 0. The zero-order valence-electron chi connectivity index (χ0n) is 13.5. The Balaban J connectivity index is 1.78. The second kappa shape index (κ2) is 6.91. The molecule has 1 amide bonds. The molecule has 0 saturated heterocycles. The van der Waals surface area contributed by atoms with Crippen LogP contribution in [0.3, 0.4) is 0 Å². The standard InChI is InChI=1S/C17H18N6O/c1-23(2)15-8-4-6-13(10-15)12-5-3-7-14(9-12)17(24)18-11-16-19-21-22-20-16/h3-10H,11H2,1-2H3,(H,18,24)(H,19,20,21,22). The summed E-state index contributed by atoms with van der Waals surface area (Å²) in [6.45, 7) is 0.232. The van der Waals surface area contributed by atoms with Gasteiger partial charge in [-0.3, -0.25) is 4.79 Å². The van der Waals surface area contributed by atoms with Crippen LogP contribution in [0, 0.1) is 0 Å². The van der Waals surface area contributed by atoms with Crippen molar-refractivity contribution < 1.29 is 4.79 Å². The highest BCUT2D eigenvalue weighted by molar-refractivity contribution is 5.95. The van der Waals surface area contributed by atoms with E-state index in [1.165, 1.54) is 0 Å². The summed E-state index contributed by atoms with van der Waals surface area (Å²) in [5.41, 5.74) is 3.76. The number of nitrogens with zero attached hydrogens (tertiary/aromatic N) is 4. The first-order valence-electron chi connectivity index (χ1n) is 7.52. The summed E-state index contributed by atoms with van der Waals surface area (Å²) < 4.78 is 0. The lowest BCUT2D eigenvalue weighted by molar-refractivity contribution is 0.0950. The molecule has 0 unspecified atom stereocenters. The van der Waals surface area contributed by atoms with E-state index >= 15 is 0 Å². The van der Waals surface area contributed by atoms with Crippen molar-refractivity contribution in [1.82, 2.24) is 25.9 Å². The molecule has 7 heteroatoms. The number of tetrazole rings is 1. The van der Waals surface area contributed by atoms with Crippen molar-refractivity contribution >= 4 is 11.6 Å². The number of hydrogen-bond donors (Lipinski definition) is 2. The van der Waals surface area contributed by atoms with Crippen LogP contribution >= 0.6 is 0 Å². The second-order valence-corrected chi connectivity index (χ2v) is 5.54. The number of hydrogen-bond acceptors (Lipinski definition) is 5. The highest BCUT2D eigenvalue weighted by Gasteiger charge is 2.09. The van der Waals surface area contributed by atoms with Gasteiger partial charge in [0.2, 0.25) is 0 Å². The van der Waals surface area contributed by atoms with Gasteiger partial charge in [-0.05, 0) is 35.4 Å². The van der Waals surface area contributed by atoms with Gasteiger partial charge >= 0.3 is 0 Å². The molecule has 0 aliphatic carbocycles. The molecule has 1 aromatic heterocycles. The molecule has 0 radical (unpaired) electrons. The van der Waals surface area contributed by atoms with Gasteiger partial charge in [0, 0.05) is 25.3 Å². The molecular formula is C17H18N6O. The summed E-state index contributed by atoms with van der Waals surface area (Å²) in [6, 6.07) is 15.7. The first kappa shape index (κ1) is 15.7. The molecule has 0 spiro atoms. The Morgan fingerprint density at radius 2 is 1.88 bits per heavy atom. The summed E-state index contributed by atoms with van der Waals surface area (Å²) in [4.78, 5) is 14.3. The minimum absolute atomic E-state index is 0.176. The maximum Gasteiger partial charge on any atom is 0.251 e. The molecule has 24 heavy (non-hydrogen) atoms. The molecule has 0 fully saturated rings. The minimum Gasteiger partial charge on any atom is -0.378 e. The molecule has 3 rings (SSSR count). The number of H-pyrrole nitrogens is 1. The monoisotopic (exact) mass is 322 g/mol. The third-order valence-corrected chi connectivity index (χ3v) is 3.62. The zero-order valence-corrected chi connectivity index (χ0v) is 13.5. The largest absolute Gasteiger partial charge is 0.378 e. The van der Waals surface area contributed by atoms with Crippen molar-refractivity contribution in [3.8, 4) is 11.1 Å². The number of nitrogens with one attached hydrogen (secondary N) is 2. The molecule has 0 aliphatic rings. The highest BCUT2D eigenvalue weighted by atomic mass is 16.1. The van der Waals surface area contributed by atoms with Crippen LogP contribution in [0.25, 0.3) is 11.1 Å². The molecular weight excluding hydrogens is 304 g/mol. The van der Waals surface area contributed by atoms with Gasteiger partial charge in [0.05, 0.1) is 6.54 Å². The molecule has 0 saturated carbocycles. The van der Waals surface area contributed by atoms with Crippen LogP contribution in [0.1, 0.15) is 16.2 Å². The van der Waals surface area contributed by atoms with Gasteiger partial charge in [-0.1, -0.05) is 29.5 Å². The maximum absolute atomic E-state index is 12.3. The van der Waals surface area contributed by atoms with Gasteiger partial charge in [0.1, 0.15) is 0 Å². The molecule has 2 aromatic carbocycles. The predicted molar refractivity (Wildman–Crippen MR) is 91.6 cm³/mol. The Morgan fingerprint density at radius 1 is 1.12 bits per heavy atom. The van der Waals surface area contributed by atoms with Crippen LogP contribution in [0.4, 0.5) is 5.69 Å². The highest BCUT2D eigenvalue weighted by Crippen LogP contribution is 2.24. The van der Waals surface area contributed by atoms with E-state index in [-0.39, 0.29) is 12.5 Å². The van der Waals surface area contributed by atoms with Gasteiger partial charge in [0.15, 0.2) is 5.82 Å². The van der Waals surface area contributed by atoms with Crippen LogP contribution in [0.2, 0.25) is 0 Å². The SMILES string of the molecule is CN(C)c1cccc(-c2cccc(C(=O)NCc3nn[nH]n3)c2)c1. The van der Waals surface area contributed by atoms with Crippen LogP contribution in [0.15, 0.2) is 48.5 Å². The molecule has 122 valence electrons. The first-order chi connectivity index (χ1) is 11.6. The van der Waals surface area contributed by atoms with Gasteiger partial charge in [-0.25, -0.2) is 0 Å². The number of rotatable bonds is 5. The lowest BCUT2D eigenvalue weighted by Gasteiger charge is -2.14. The van der Waals surface area contributed by atoms with E-state index in [1.54, 1.807) is 6.07 Å². The van der Waals surface area contributed by atoms with Crippen molar-refractivity contribution in [2.24, 2.45) is 0 Å². The van der Waals surface area contributed by atoms with Crippen molar-refractivity contribution in [2.75, 3.05) is 19.0 Å². The number of benzene rings is 2. The van der Waals surface area contributed by atoms with Crippen molar-refractivity contribution in [1.29, 1.82) is 0 Å². The number of amides is 1. The van der Waals surface area contributed by atoms with E-state index in [9.17, 15) is 4.79 Å². The molecule has 7 nitrogen and oxygen atoms in total. The Labute approximate surface area is 139 Å². The second-order valence-electron chi connectivity index (χ2n) is 5.54. The lowest BCUT2D eigenvalue weighted by Crippen LogP contribution is -2.23. The smallest absolute Gasteiger partial charge is 0.251 e. The Kier molecular flexibility index (Phi) is 4.51. The predicted octanol–water partition coefficient (Wildman–Crippen LogP) is 1.86. The van der Waals surface area contributed by atoms with Crippen LogP contribution in [-0.4, -0.2) is 40.6 Å². The Bertz CT molecular complexity index is 829. The number of carbonyl (C=O) groups is 1. The van der Waals surface area contributed by atoms with E-state index in [4.69, 9.17) is 0 Å². The van der Waals surface area contributed by atoms with Crippen LogP contribution in [0.5, 0.6) is 0 Å². The number of anilines is 1. The summed E-state index contributed by atoms with van der Waals surface area (Å²) in [7, 11) is 4.00. The van der Waals surface area contributed by atoms with Gasteiger partial charge in [-0.15, -0.1) is 10.2 Å².